The summed E-state index contributed by atoms with van der Waals surface area (Å²) >= 11 is 0. The molecule has 0 spiro atoms. The number of hydrogen-bond donors (Lipinski definition) is 1. The van der Waals surface area contributed by atoms with Crippen LogP contribution >= 0.6 is 0 Å². The summed E-state index contributed by atoms with van der Waals surface area (Å²) in [7, 11) is 1.62. The zero-order valence-corrected chi connectivity index (χ0v) is 12.2. The zero-order valence-electron chi connectivity index (χ0n) is 12.2. The molecule has 0 saturated carbocycles. The summed E-state index contributed by atoms with van der Waals surface area (Å²) in [6.45, 7) is 0. The minimum Gasteiger partial charge on any atom is -0.497 e. The molecule has 0 aliphatic carbocycles. The average molecular weight is 292 g/mol. The number of carbonyl (C=O) groups excluding carboxylic acids is 1. The molecule has 0 bridgehead atoms. The Hall–Kier alpha value is -2.88. The van der Waals surface area contributed by atoms with Crippen molar-refractivity contribution in [3.63, 3.8) is 0 Å². The van der Waals surface area contributed by atoms with Gasteiger partial charge < -0.3 is 10.1 Å². The Morgan fingerprint density at radius 1 is 1.14 bits per heavy atom. The maximum absolute atomic E-state index is 12.1. The number of aromatic nitrogens is 1. The fraction of sp³-hybridized carbons (Fsp3) is 0.111. The number of pyridine rings is 1. The molecule has 0 atom stereocenters. The zero-order chi connectivity index (χ0) is 15.4. The molecule has 1 aromatic heterocycles. The monoisotopic (exact) mass is 292 g/mol. The Labute approximate surface area is 128 Å². The first kappa shape index (κ1) is 14.1. The Morgan fingerprint density at radius 2 is 1.91 bits per heavy atom. The third kappa shape index (κ3) is 3.23. The van der Waals surface area contributed by atoms with Crippen LogP contribution < -0.4 is 10.1 Å². The lowest BCUT2D eigenvalue weighted by Gasteiger charge is -2.07. The Balaban J connectivity index is 1.69. The average Bonchev–Trinajstić information content (AvgIpc) is 2.55. The molecule has 0 aliphatic rings. The molecule has 3 aromatic rings. The van der Waals surface area contributed by atoms with E-state index in [0.717, 1.165) is 22.2 Å². The van der Waals surface area contributed by atoms with E-state index >= 15 is 0 Å². The van der Waals surface area contributed by atoms with Gasteiger partial charge in [-0.1, -0.05) is 30.3 Å². The van der Waals surface area contributed by atoms with E-state index in [1.54, 1.807) is 13.3 Å². The van der Waals surface area contributed by atoms with E-state index in [1.807, 2.05) is 54.6 Å². The van der Waals surface area contributed by atoms with Crippen molar-refractivity contribution in [1.82, 2.24) is 4.98 Å². The predicted molar refractivity (Wildman–Crippen MR) is 87.1 cm³/mol. The van der Waals surface area contributed by atoms with Crippen LogP contribution in [-0.4, -0.2) is 18.0 Å². The van der Waals surface area contributed by atoms with Gasteiger partial charge in [-0.25, -0.2) is 0 Å². The van der Waals surface area contributed by atoms with Crippen LogP contribution in [0.15, 0.2) is 60.8 Å². The van der Waals surface area contributed by atoms with Gasteiger partial charge in [-0.2, -0.15) is 0 Å². The third-order valence-electron chi connectivity index (χ3n) is 3.40. The number of amides is 1. The summed E-state index contributed by atoms with van der Waals surface area (Å²) in [6.07, 6.45) is 1.99. The largest absolute Gasteiger partial charge is 0.497 e. The number of anilines is 1. The van der Waals surface area contributed by atoms with Gasteiger partial charge in [-0.15, -0.1) is 0 Å². The van der Waals surface area contributed by atoms with E-state index in [4.69, 9.17) is 4.74 Å². The number of carbonyl (C=O) groups is 1. The number of methoxy groups -OCH3 is 1. The fourth-order valence-corrected chi connectivity index (χ4v) is 2.27. The van der Waals surface area contributed by atoms with Gasteiger partial charge in [0.2, 0.25) is 5.91 Å². The van der Waals surface area contributed by atoms with Gasteiger partial charge in [0, 0.05) is 5.39 Å². The van der Waals surface area contributed by atoms with Crippen molar-refractivity contribution in [3.05, 3.63) is 66.4 Å². The molecule has 0 saturated heterocycles. The molecule has 4 heteroatoms. The maximum Gasteiger partial charge on any atom is 0.228 e. The first-order valence-corrected chi connectivity index (χ1v) is 7.02. The topological polar surface area (TPSA) is 51.2 Å². The second kappa shape index (κ2) is 6.26. The first-order valence-electron chi connectivity index (χ1n) is 7.02. The Bertz CT molecular complexity index is 798. The van der Waals surface area contributed by atoms with Gasteiger partial charge in [0.25, 0.3) is 0 Å². The summed E-state index contributed by atoms with van der Waals surface area (Å²) in [6, 6.07) is 17.2. The SMILES string of the molecule is COc1ccc(CC(=O)Nc2cnc3ccccc3c2)cc1. The molecule has 0 aliphatic heterocycles. The van der Waals surface area contributed by atoms with Gasteiger partial charge in [0.15, 0.2) is 0 Å². The molecule has 3 rings (SSSR count). The normalized spacial score (nSPS) is 10.4. The molecule has 0 fully saturated rings. The highest BCUT2D eigenvalue weighted by Gasteiger charge is 2.05. The molecule has 22 heavy (non-hydrogen) atoms. The quantitative estimate of drug-likeness (QED) is 0.801. The van der Waals surface area contributed by atoms with E-state index in [1.165, 1.54) is 0 Å². The van der Waals surface area contributed by atoms with Crippen molar-refractivity contribution in [3.8, 4) is 5.75 Å². The van der Waals surface area contributed by atoms with Crippen LogP contribution in [0.5, 0.6) is 5.75 Å². The summed E-state index contributed by atoms with van der Waals surface area (Å²) in [5.41, 5.74) is 2.56. The van der Waals surface area contributed by atoms with Crippen molar-refractivity contribution < 1.29 is 9.53 Å². The molecule has 1 heterocycles. The van der Waals surface area contributed by atoms with Crippen molar-refractivity contribution >= 4 is 22.5 Å². The van der Waals surface area contributed by atoms with Crippen LogP contribution in [0.2, 0.25) is 0 Å². The fourth-order valence-electron chi connectivity index (χ4n) is 2.27. The highest BCUT2D eigenvalue weighted by atomic mass is 16.5. The van der Waals surface area contributed by atoms with Crippen molar-refractivity contribution in [1.29, 1.82) is 0 Å². The summed E-state index contributed by atoms with van der Waals surface area (Å²) in [4.78, 5) is 16.4. The van der Waals surface area contributed by atoms with Gasteiger partial charge in [-0.3, -0.25) is 9.78 Å². The highest BCUT2D eigenvalue weighted by Crippen LogP contribution is 2.17. The summed E-state index contributed by atoms with van der Waals surface area (Å²) in [5.74, 6) is 0.713. The second-order valence-electron chi connectivity index (χ2n) is 4.99. The number of fused-ring (bicyclic) bond motifs is 1. The molecule has 1 N–H and O–H groups in total. The van der Waals surface area contributed by atoms with Crippen molar-refractivity contribution in [2.45, 2.75) is 6.42 Å². The van der Waals surface area contributed by atoms with Gasteiger partial charge in [0.1, 0.15) is 5.75 Å². The van der Waals surface area contributed by atoms with E-state index in [2.05, 4.69) is 10.3 Å². The van der Waals surface area contributed by atoms with E-state index in [-0.39, 0.29) is 5.91 Å². The first-order chi connectivity index (χ1) is 10.7. The molecular weight excluding hydrogens is 276 g/mol. The van der Waals surface area contributed by atoms with Gasteiger partial charge in [-0.05, 0) is 29.8 Å². The highest BCUT2D eigenvalue weighted by molar-refractivity contribution is 5.94. The number of nitrogens with one attached hydrogen (secondary N) is 1. The minimum atomic E-state index is -0.0674. The number of nitrogens with zero attached hydrogens (tertiary/aromatic N) is 1. The van der Waals surface area contributed by atoms with Crippen LogP contribution in [0, 0.1) is 0 Å². The lowest BCUT2D eigenvalue weighted by molar-refractivity contribution is -0.115. The van der Waals surface area contributed by atoms with Crippen molar-refractivity contribution in [2.24, 2.45) is 0 Å². The van der Waals surface area contributed by atoms with Crippen LogP contribution in [-0.2, 0) is 11.2 Å². The lowest BCUT2D eigenvalue weighted by atomic mass is 10.1. The Morgan fingerprint density at radius 3 is 2.68 bits per heavy atom. The predicted octanol–water partition coefficient (Wildman–Crippen LogP) is 3.42. The standard InChI is InChI=1S/C18H16N2O2/c1-22-16-8-6-13(7-9-16)10-18(21)20-15-11-14-4-2-3-5-17(14)19-12-15/h2-9,11-12H,10H2,1H3,(H,20,21). The molecule has 2 aromatic carbocycles. The summed E-state index contributed by atoms with van der Waals surface area (Å²) in [5, 5.41) is 3.88. The minimum absolute atomic E-state index is 0.0674. The number of rotatable bonds is 4. The third-order valence-corrected chi connectivity index (χ3v) is 3.40. The molecule has 0 unspecified atom stereocenters. The number of para-hydroxylation sites is 1. The van der Waals surface area contributed by atoms with Crippen LogP contribution in [0.4, 0.5) is 5.69 Å². The van der Waals surface area contributed by atoms with Gasteiger partial charge >= 0.3 is 0 Å². The maximum atomic E-state index is 12.1. The van der Waals surface area contributed by atoms with Crippen LogP contribution in [0.3, 0.4) is 0 Å². The smallest absolute Gasteiger partial charge is 0.228 e. The lowest BCUT2D eigenvalue weighted by Crippen LogP contribution is -2.14. The number of ether oxygens (including phenoxy) is 1. The summed E-state index contributed by atoms with van der Waals surface area (Å²) < 4.78 is 5.10. The molecule has 4 nitrogen and oxygen atoms in total. The Kier molecular flexibility index (Phi) is 4.01. The molecule has 0 radical (unpaired) electrons. The number of hydrogen-bond acceptors (Lipinski definition) is 3. The van der Waals surface area contributed by atoms with E-state index < -0.39 is 0 Å². The van der Waals surface area contributed by atoms with E-state index in [9.17, 15) is 4.79 Å². The van der Waals surface area contributed by atoms with Gasteiger partial charge in [0.05, 0.1) is 30.9 Å². The van der Waals surface area contributed by atoms with Crippen LogP contribution in [0.1, 0.15) is 5.56 Å². The molecule has 110 valence electrons. The second-order valence-corrected chi connectivity index (χ2v) is 4.99. The van der Waals surface area contributed by atoms with E-state index in [0.29, 0.717) is 12.1 Å². The molecule has 1 amide bonds. The molecular formula is C18H16N2O2. The van der Waals surface area contributed by atoms with Crippen LogP contribution in [0.25, 0.3) is 10.9 Å². The number of benzene rings is 2. The van der Waals surface area contributed by atoms with Crippen molar-refractivity contribution in [2.75, 3.05) is 12.4 Å².